The molecule has 0 aromatic carbocycles. The minimum Gasteiger partial charge on any atom is -0.339 e. The Morgan fingerprint density at radius 2 is 1.90 bits per heavy atom. The zero-order valence-electron chi connectivity index (χ0n) is 13.6. The SMILES string of the molecule is CC1(C)CCCC1C(=O)N1CCCCC1C1CCCC1=O. The topological polar surface area (TPSA) is 37.4 Å². The maximum Gasteiger partial charge on any atom is 0.226 e. The fourth-order valence-corrected chi connectivity index (χ4v) is 4.88. The van der Waals surface area contributed by atoms with E-state index in [2.05, 4.69) is 18.7 Å². The lowest BCUT2D eigenvalue weighted by Crippen LogP contribution is -2.51. The van der Waals surface area contributed by atoms with Crippen molar-refractivity contribution in [2.75, 3.05) is 6.54 Å². The third-order valence-corrected chi connectivity index (χ3v) is 6.20. The molecule has 0 N–H and O–H groups in total. The first kappa shape index (κ1) is 15.1. The molecular formula is C18H29NO2. The fraction of sp³-hybridized carbons (Fsp3) is 0.889. The zero-order chi connectivity index (χ0) is 15.0. The van der Waals surface area contributed by atoms with Gasteiger partial charge in [-0.2, -0.15) is 0 Å². The molecule has 0 spiro atoms. The van der Waals surface area contributed by atoms with Gasteiger partial charge in [-0.05, 0) is 50.4 Å². The maximum atomic E-state index is 13.1. The van der Waals surface area contributed by atoms with E-state index in [1.807, 2.05) is 0 Å². The molecule has 3 fully saturated rings. The molecule has 2 saturated carbocycles. The highest BCUT2D eigenvalue weighted by Gasteiger charge is 2.45. The second-order valence-corrected chi connectivity index (χ2v) is 7.99. The number of ketones is 1. The van der Waals surface area contributed by atoms with E-state index in [0.717, 1.165) is 51.5 Å². The Morgan fingerprint density at radius 1 is 1.10 bits per heavy atom. The van der Waals surface area contributed by atoms with Crippen LogP contribution in [0.5, 0.6) is 0 Å². The van der Waals surface area contributed by atoms with Gasteiger partial charge in [-0.25, -0.2) is 0 Å². The van der Waals surface area contributed by atoms with Crippen LogP contribution >= 0.6 is 0 Å². The Bertz CT molecular complexity index is 429. The minimum atomic E-state index is 0.138. The number of carbonyl (C=O) groups is 2. The van der Waals surface area contributed by atoms with E-state index >= 15 is 0 Å². The van der Waals surface area contributed by atoms with Gasteiger partial charge in [-0.3, -0.25) is 9.59 Å². The van der Waals surface area contributed by atoms with Crippen molar-refractivity contribution >= 4 is 11.7 Å². The summed E-state index contributed by atoms with van der Waals surface area (Å²) in [6, 6.07) is 0.206. The molecule has 118 valence electrons. The van der Waals surface area contributed by atoms with Gasteiger partial charge in [0, 0.05) is 30.8 Å². The molecule has 3 aliphatic rings. The van der Waals surface area contributed by atoms with Crippen LogP contribution in [0.25, 0.3) is 0 Å². The number of amides is 1. The van der Waals surface area contributed by atoms with Crippen LogP contribution in [0.15, 0.2) is 0 Å². The van der Waals surface area contributed by atoms with Gasteiger partial charge >= 0.3 is 0 Å². The first-order valence-electron chi connectivity index (χ1n) is 8.84. The predicted octanol–water partition coefficient (Wildman–Crippen LogP) is 3.56. The third-order valence-electron chi connectivity index (χ3n) is 6.20. The summed E-state index contributed by atoms with van der Waals surface area (Å²) in [5.74, 6) is 1.07. The van der Waals surface area contributed by atoms with Crippen LogP contribution < -0.4 is 0 Å². The van der Waals surface area contributed by atoms with Gasteiger partial charge in [-0.15, -0.1) is 0 Å². The second-order valence-electron chi connectivity index (χ2n) is 7.99. The highest BCUT2D eigenvalue weighted by atomic mass is 16.2. The van der Waals surface area contributed by atoms with Gasteiger partial charge in [0.15, 0.2) is 0 Å². The third kappa shape index (κ3) is 2.76. The molecule has 0 aromatic rings. The summed E-state index contributed by atoms with van der Waals surface area (Å²) in [4.78, 5) is 27.4. The first-order valence-corrected chi connectivity index (χ1v) is 8.84. The standard InChI is InChI=1S/C18H29NO2/c1-18(2)11-6-8-14(18)17(21)19-12-4-3-9-15(19)13-7-5-10-16(13)20/h13-15H,3-12H2,1-2H3. The quantitative estimate of drug-likeness (QED) is 0.780. The van der Waals surface area contributed by atoms with Crippen LogP contribution in [0.2, 0.25) is 0 Å². The Morgan fingerprint density at radius 3 is 2.52 bits per heavy atom. The molecule has 3 atom stereocenters. The molecule has 3 unspecified atom stereocenters. The van der Waals surface area contributed by atoms with E-state index < -0.39 is 0 Å². The summed E-state index contributed by atoms with van der Waals surface area (Å²) in [6.07, 6.45) is 9.44. The average Bonchev–Trinajstić information content (AvgIpc) is 3.03. The number of likely N-dealkylation sites (tertiary alicyclic amines) is 1. The lowest BCUT2D eigenvalue weighted by atomic mass is 9.79. The molecule has 1 amide bonds. The molecule has 1 heterocycles. The van der Waals surface area contributed by atoms with Crippen LogP contribution in [-0.2, 0) is 9.59 Å². The lowest BCUT2D eigenvalue weighted by Gasteiger charge is -2.42. The molecule has 0 aromatic heterocycles. The van der Waals surface area contributed by atoms with E-state index in [4.69, 9.17) is 0 Å². The number of hydrogen-bond donors (Lipinski definition) is 0. The van der Waals surface area contributed by atoms with Crippen molar-refractivity contribution in [3.63, 3.8) is 0 Å². The summed E-state index contributed by atoms with van der Waals surface area (Å²) < 4.78 is 0. The minimum absolute atomic E-state index is 0.138. The van der Waals surface area contributed by atoms with Gasteiger partial charge in [0.2, 0.25) is 5.91 Å². The van der Waals surface area contributed by atoms with Crippen LogP contribution in [0.3, 0.4) is 0 Å². The van der Waals surface area contributed by atoms with Crippen molar-refractivity contribution in [3.05, 3.63) is 0 Å². The predicted molar refractivity (Wildman–Crippen MR) is 82.8 cm³/mol. The molecule has 3 heteroatoms. The molecule has 21 heavy (non-hydrogen) atoms. The molecule has 1 saturated heterocycles. The van der Waals surface area contributed by atoms with Gasteiger partial charge in [0.25, 0.3) is 0 Å². The summed E-state index contributed by atoms with van der Waals surface area (Å²) in [5, 5.41) is 0. The molecular weight excluding hydrogens is 262 g/mol. The van der Waals surface area contributed by atoms with E-state index in [1.165, 1.54) is 12.8 Å². The van der Waals surface area contributed by atoms with Crippen LogP contribution in [0, 0.1) is 17.3 Å². The van der Waals surface area contributed by atoms with E-state index in [9.17, 15) is 9.59 Å². The normalized spacial score (nSPS) is 36.2. The summed E-state index contributed by atoms with van der Waals surface area (Å²) in [7, 11) is 0. The number of rotatable bonds is 2. The molecule has 3 rings (SSSR count). The zero-order valence-corrected chi connectivity index (χ0v) is 13.6. The van der Waals surface area contributed by atoms with Crippen LogP contribution in [-0.4, -0.2) is 29.2 Å². The Balaban J connectivity index is 1.77. The maximum absolute atomic E-state index is 13.1. The molecule has 1 aliphatic heterocycles. The lowest BCUT2D eigenvalue weighted by molar-refractivity contribution is -0.144. The van der Waals surface area contributed by atoms with Crippen molar-refractivity contribution in [1.29, 1.82) is 0 Å². The van der Waals surface area contributed by atoms with Gasteiger partial charge < -0.3 is 4.90 Å². The molecule has 0 radical (unpaired) electrons. The van der Waals surface area contributed by atoms with E-state index in [-0.39, 0.29) is 23.3 Å². The average molecular weight is 291 g/mol. The Hall–Kier alpha value is -0.860. The van der Waals surface area contributed by atoms with Gasteiger partial charge in [-0.1, -0.05) is 20.3 Å². The Labute approximate surface area is 128 Å². The summed E-state index contributed by atoms with van der Waals surface area (Å²) in [6.45, 7) is 5.35. The van der Waals surface area contributed by atoms with Crippen molar-refractivity contribution in [2.24, 2.45) is 17.3 Å². The van der Waals surface area contributed by atoms with Gasteiger partial charge in [0.1, 0.15) is 5.78 Å². The van der Waals surface area contributed by atoms with Crippen molar-refractivity contribution in [1.82, 2.24) is 4.90 Å². The molecule has 0 bridgehead atoms. The van der Waals surface area contributed by atoms with E-state index in [0.29, 0.717) is 11.7 Å². The number of nitrogens with zero attached hydrogens (tertiary/aromatic N) is 1. The monoisotopic (exact) mass is 291 g/mol. The number of carbonyl (C=O) groups excluding carboxylic acids is 2. The Kier molecular flexibility index (Phi) is 4.11. The van der Waals surface area contributed by atoms with Crippen molar-refractivity contribution in [2.45, 2.75) is 77.7 Å². The molecule has 2 aliphatic carbocycles. The summed E-state index contributed by atoms with van der Waals surface area (Å²) >= 11 is 0. The van der Waals surface area contributed by atoms with Gasteiger partial charge in [0.05, 0.1) is 0 Å². The van der Waals surface area contributed by atoms with Crippen LogP contribution in [0.1, 0.15) is 71.6 Å². The molecule has 3 nitrogen and oxygen atoms in total. The number of Topliss-reactive ketones (excluding diaryl/α,β-unsaturated/α-hetero) is 1. The summed E-state index contributed by atoms with van der Waals surface area (Å²) in [5.41, 5.74) is 0.138. The van der Waals surface area contributed by atoms with Crippen molar-refractivity contribution in [3.8, 4) is 0 Å². The highest BCUT2D eigenvalue weighted by Crippen LogP contribution is 2.45. The first-order chi connectivity index (χ1) is 10.0. The van der Waals surface area contributed by atoms with Crippen molar-refractivity contribution < 1.29 is 9.59 Å². The van der Waals surface area contributed by atoms with E-state index in [1.54, 1.807) is 0 Å². The number of piperidine rings is 1. The highest BCUT2D eigenvalue weighted by molar-refractivity contribution is 5.85. The second kappa shape index (κ2) is 5.73. The largest absolute Gasteiger partial charge is 0.339 e. The fourth-order valence-electron chi connectivity index (χ4n) is 4.88. The smallest absolute Gasteiger partial charge is 0.226 e. The van der Waals surface area contributed by atoms with Crippen LogP contribution in [0.4, 0.5) is 0 Å². The number of hydrogen-bond acceptors (Lipinski definition) is 2.